The molecule has 2 aromatic carbocycles. The maximum atomic E-state index is 12.9. The summed E-state index contributed by atoms with van der Waals surface area (Å²) in [5.74, 6) is -0.118. The Labute approximate surface area is 191 Å². The smallest absolute Gasteiger partial charge is 0.246 e. The van der Waals surface area contributed by atoms with E-state index in [0.29, 0.717) is 37.7 Å². The Morgan fingerprint density at radius 1 is 1.00 bits per heavy atom. The molecule has 1 saturated heterocycles. The van der Waals surface area contributed by atoms with Gasteiger partial charge in [-0.2, -0.15) is 4.31 Å². The van der Waals surface area contributed by atoms with Crippen molar-refractivity contribution in [3.8, 4) is 0 Å². The van der Waals surface area contributed by atoms with Crippen LogP contribution in [-0.4, -0.2) is 56.9 Å². The first-order valence-electron chi connectivity index (χ1n) is 11.1. The van der Waals surface area contributed by atoms with Gasteiger partial charge in [0, 0.05) is 39.4 Å². The second-order valence-corrected chi connectivity index (χ2v) is 9.90. The van der Waals surface area contributed by atoms with Gasteiger partial charge in [0.15, 0.2) is 0 Å². The van der Waals surface area contributed by atoms with E-state index in [1.807, 2.05) is 30.3 Å². The van der Waals surface area contributed by atoms with Gasteiger partial charge in [0.25, 0.3) is 0 Å². The Kier molecular flexibility index (Phi) is 9.02. The highest BCUT2D eigenvalue weighted by Crippen LogP contribution is 2.21. The number of benzene rings is 2. The third-order valence-corrected chi connectivity index (χ3v) is 7.51. The maximum absolute atomic E-state index is 12.9. The summed E-state index contributed by atoms with van der Waals surface area (Å²) in [5, 5.41) is 0. The fourth-order valence-electron chi connectivity index (χ4n) is 3.73. The molecule has 0 atom stereocenters. The van der Waals surface area contributed by atoms with E-state index in [2.05, 4.69) is 0 Å². The van der Waals surface area contributed by atoms with Crippen molar-refractivity contribution < 1.29 is 17.9 Å². The summed E-state index contributed by atoms with van der Waals surface area (Å²) < 4.78 is 32.6. The standard InChI is InChI=1S/C25H32N2O4S/c1-31-20-19-26(21-23-9-5-4-6-10-23)25(28)16-13-22-11-14-24(15-12-22)32(29,30)27-17-7-2-3-8-18-27/h4-6,9-16H,2-3,7-8,17-21H2,1H3/b16-13+. The monoisotopic (exact) mass is 456 g/mol. The lowest BCUT2D eigenvalue weighted by atomic mass is 10.2. The molecule has 0 saturated carbocycles. The van der Waals surface area contributed by atoms with Gasteiger partial charge in [0.1, 0.15) is 0 Å². The van der Waals surface area contributed by atoms with Crippen LogP contribution in [0.5, 0.6) is 0 Å². The molecule has 1 fully saturated rings. The first-order valence-corrected chi connectivity index (χ1v) is 12.5. The number of nitrogens with zero attached hydrogens (tertiary/aromatic N) is 2. The number of carbonyl (C=O) groups is 1. The number of amides is 1. The molecule has 0 aliphatic carbocycles. The normalized spacial score (nSPS) is 15.5. The molecule has 0 radical (unpaired) electrons. The molecule has 172 valence electrons. The van der Waals surface area contributed by atoms with E-state index in [1.54, 1.807) is 46.7 Å². The molecular formula is C25H32N2O4S. The highest BCUT2D eigenvalue weighted by molar-refractivity contribution is 7.89. The highest BCUT2D eigenvalue weighted by Gasteiger charge is 2.24. The average molecular weight is 457 g/mol. The molecule has 0 unspecified atom stereocenters. The molecule has 2 aromatic rings. The molecule has 3 rings (SSSR count). The van der Waals surface area contributed by atoms with E-state index in [0.717, 1.165) is 36.8 Å². The zero-order valence-corrected chi connectivity index (χ0v) is 19.5. The molecule has 32 heavy (non-hydrogen) atoms. The third kappa shape index (κ3) is 6.76. The van der Waals surface area contributed by atoms with Gasteiger partial charge >= 0.3 is 0 Å². The molecule has 1 aliphatic heterocycles. The van der Waals surface area contributed by atoms with E-state index >= 15 is 0 Å². The van der Waals surface area contributed by atoms with E-state index < -0.39 is 10.0 Å². The number of rotatable bonds is 9. The van der Waals surface area contributed by atoms with Crippen LogP contribution in [-0.2, 0) is 26.1 Å². The van der Waals surface area contributed by atoms with E-state index in [1.165, 1.54) is 6.08 Å². The third-order valence-electron chi connectivity index (χ3n) is 5.59. The molecule has 0 spiro atoms. The fraction of sp³-hybridized carbons (Fsp3) is 0.400. The highest BCUT2D eigenvalue weighted by atomic mass is 32.2. The summed E-state index contributed by atoms with van der Waals surface area (Å²) >= 11 is 0. The molecule has 0 N–H and O–H groups in total. The van der Waals surface area contributed by atoms with E-state index in [4.69, 9.17) is 4.74 Å². The first kappa shape index (κ1) is 24.2. The summed E-state index contributed by atoms with van der Waals surface area (Å²) in [6.45, 7) is 2.60. The quantitative estimate of drug-likeness (QED) is 0.536. The maximum Gasteiger partial charge on any atom is 0.246 e. The van der Waals surface area contributed by atoms with Crippen molar-refractivity contribution in [2.24, 2.45) is 0 Å². The molecule has 7 heteroatoms. The van der Waals surface area contributed by atoms with Gasteiger partial charge in [-0.15, -0.1) is 0 Å². The summed E-state index contributed by atoms with van der Waals surface area (Å²) in [6.07, 6.45) is 7.21. The Bertz CT molecular complexity index is 980. The molecule has 1 amide bonds. The summed E-state index contributed by atoms with van der Waals surface area (Å²) in [4.78, 5) is 14.8. The minimum Gasteiger partial charge on any atom is -0.383 e. The second kappa shape index (κ2) is 11.9. The Hall–Kier alpha value is -2.48. The molecule has 0 bridgehead atoms. The zero-order valence-electron chi connectivity index (χ0n) is 18.7. The molecule has 1 aliphatic rings. The van der Waals surface area contributed by atoms with Crippen LogP contribution in [0, 0.1) is 0 Å². The fourth-order valence-corrected chi connectivity index (χ4v) is 5.24. The first-order chi connectivity index (χ1) is 15.5. The van der Waals surface area contributed by atoms with E-state index in [-0.39, 0.29) is 5.91 Å². The van der Waals surface area contributed by atoms with Gasteiger partial charge in [-0.25, -0.2) is 8.42 Å². The minimum absolute atomic E-state index is 0.118. The van der Waals surface area contributed by atoms with Crippen molar-refractivity contribution in [2.75, 3.05) is 33.4 Å². The van der Waals surface area contributed by atoms with Gasteiger partial charge in [-0.05, 0) is 42.2 Å². The lowest BCUT2D eigenvalue weighted by molar-refractivity contribution is -0.127. The topological polar surface area (TPSA) is 66.9 Å². The lowest BCUT2D eigenvalue weighted by Crippen LogP contribution is -2.32. The number of carbonyl (C=O) groups excluding carboxylic acids is 1. The number of hydrogen-bond donors (Lipinski definition) is 0. The summed E-state index contributed by atoms with van der Waals surface area (Å²) in [6, 6.07) is 16.5. The summed E-state index contributed by atoms with van der Waals surface area (Å²) in [7, 11) is -1.86. The van der Waals surface area contributed by atoms with Crippen LogP contribution in [0.1, 0.15) is 36.8 Å². The summed E-state index contributed by atoms with van der Waals surface area (Å²) in [5.41, 5.74) is 1.83. The van der Waals surface area contributed by atoms with Gasteiger partial charge < -0.3 is 9.64 Å². The lowest BCUT2D eigenvalue weighted by Gasteiger charge is -2.21. The molecule has 0 aromatic heterocycles. The molecule has 1 heterocycles. The Balaban J connectivity index is 1.67. The molecule has 6 nitrogen and oxygen atoms in total. The van der Waals surface area contributed by atoms with Crippen molar-refractivity contribution in [3.63, 3.8) is 0 Å². The van der Waals surface area contributed by atoms with Crippen LogP contribution in [0.25, 0.3) is 6.08 Å². The van der Waals surface area contributed by atoms with Crippen molar-refractivity contribution in [1.29, 1.82) is 0 Å². The minimum atomic E-state index is -3.47. The number of hydrogen-bond acceptors (Lipinski definition) is 4. The predicted molar refractivity (Wildman–Crippen MR) is 126 cm³/mol. The molecular weight excluding hydrogens is 424 g/mol. The van der Waals surface area contributed by atoms with Crippen molar-refractivity contribution in [3.05, 3.63) is 71.8 Å². The van der Waals surface area contributed by atoms with E-state index in [9.17, 15) is 13.2 Å². The predicted octanol–water partition coefficient (Wildman–Crippen LogP) is 3.94. The van der Waals surface area contributed by atoms with Crippen molar-refractivity contribution >= 4 is 22.0 Å². The van der Waals surface area contributed by atoms with Crippen LogP contribution in [0.2, 0.25) is 0 Å². The largest absolute Gasteiger partial charge is 0.383 e. The van der Waals surface area contributed by atoms with Crippen LogP contribution in [0.3, 0.4) is 0 Å². The van der Waals surface area contributed by atoms with Crippen LogP contribution in [0.15, 0.2) is 65.6 Å². The SMILES string of the molecule is COCCN(Cc1ccccc1)C(=O)/C=C/c1ccc(S(=O)(=O)N2CCCCCC2)cc1. The number of ether oxygens (including phenoxy) is 1. The average Bonchev–Trinajstić information content (AvgIpc) is 3.11. The Morgan fingerprint density at radius 3 is 2.28 bits per heavy atom. The van der Waals surface area contributed by atoms with Crippen LogP contribution < -0.4 is 0 Å². The van der Waals surface area contributed by atoms with Gasteiger partial charge in [0.05, 0.1) is 11.5 Å². The van der Waals surface area contributed by atoms with Crippen molar-refractivity contribution in [1.82, 2.24) is 9.21 Å². The van der Waals surface area contributed by atoms with Crippen molar-refractivity contribution in [2.45, 2.75) is 37.1 Å². The van der Waals surface area contributed by atoms with Crippen LogP contribution in [0.4, 0.5) is 0 Å². The number of methoxy groups -OCH3 is 1. The zero-order chi connectivity index (χ0) is 22.8. The van der Waals surface area contributed by atoms with Gasteiger partial charge in [0.2, 0.25) is 15.9 Å². The van der Waals surface area contributed by atoms with Crippen LogP contribution >= 0.6 is 0 Å². The van der Waals surface area contributed by atoms with Gasteiger partial charge in [-0.3, -0.25) is 4.79 Å². The number of sulfonamides is 1. The second-order valence-electron chi connectivity index (χ2n) is 7.96. The Morgan fingerprint density at radius 2 is 1.66 bits per heavy atom. The van der Waals surface area contributed by atoms with Gasteiger partial charge in [-0.1, -0.05) is 55.3 Å².